The number of Topliss-reactive ketones (excluding diaryl/α,β-unsaturated/α-hetero) is 1. The Kier molecular flexibility index (Phi) is 4.94. The number of β-lactam (4-membered cyclic amide) rings is 1. The standard InChI is InChI=1S/C11H13N5O4/c1-3-6(17)8(16-13)11(19)20-10-7(9(18)15-10)5(2)14-4-12/h5,7,10,14H,3H2,1-2H3,(H,15,18)/t5-,7+,10-/m1/s1. The molecular formula is C11H13N5O4. The van der Waals surface area contributed by atoms with Crippen LogP contribution in [0.25, 0.3) is 5.53 Å². The lowest BCUT2D eigenvalue weighted by Gasteiger charge is -2.38. The van der Waals surface area contributed by atoms with E-state index in [1.807, 2.05) is 0 Å². The van der Waals surface area contributed by atoms with Gasteiger partial charge in [0.05, 0.1) is 6.04 Å². The Hall–Kier alpha value is -2.72. The van der Waals surface area contributed by atoms with Gasteiger partial charge in [0, 0.05) is 6.42 Å². The summed E-state index contributed by atoms with van der Waals surface area (Å²) in [7, 11) is 0. The SMILES string of the molecule is CCC(=O)C(=[N+]=[N-])C(=O)O[C@H]1NC(=O)[C@@H]1[C@@H](C)NC#N. The molecule has 106 valence electrons. The molecule has 1 aliphatic heterocycles. The summed E-state index contributed by atoms with van der Waals surface area (Å²) in [5.41, 5.74) is 7.91. The molecule has 0 aromatic rings. The number of amides is 1. The lowest BCUT2D eigenvalue weighted by molar-refractivity contribution is -0.168. The lowest BCUT2D eigenvalue weighted by atomic mass is 9.91. The fourth-order valence-electron chi connectivity index (χ4n) is 1.70. The highest BCUT2D eigenvalue weighted by atomic mass is 16.6. The number of hydrogen-bond donors (Lipinski definition) is 2. The van der Waals surface area contributed by atoms with Crippen molar-refractivity contribution in [1.29, 1.82) is 5.26 Å². The molecule has 0 radical (unpaired) electrons. The molecule has 1 fully saturated rings. The zero-order chi connectivity index (χ0) is 15.3. The van der Waals surface area contributed by atoms with E-state index in [0.29, 0.717) is 0 Å². The number of esters is 1. The van der Waals surface area contributed by atoms with Crippen molar-refractivity contribution in [3.63, 3.8) is 0 Å². The number of ether oxygens (including phenoxy) is 1. The molecular weight excluding hydrogens is 266 g/mol. The Labute approximate surface area is 114 Å². The van der Waals surface area contributed by atoms with Crippen LogP contribution in [0.2, 0.25) is 0 Å². The quantitative estimate of drug-likeness (QED) is 0.0904. The first-order valence-electron chi connectivity index (χ1n) is 5.87. The Bertz CT molecular complexity index is 531. The number of ketones is 1. The molecule has 9 heteroatoms. The van der Waals surface area contributed by atoms with E-state index in [1.54, 1.807) is 13.1 Å². The minimum Gasteiger partial charge on any atom is -0.432 e. The summed E-state index contributed by atoms with van der Waals surface area (Å²) in [5.74, 6) is -2.95. The maximum atomic E-state index is 11.6. The molecule has 3 atom stereocenters. The number of carbonyl (C=O) groups excluding carboxylic acids is 3. The van der Waals surface area contributed by atoms with Gasteiger partial charge in [0.1, 0.15) is 5.92 Å². The normalized spacial score (nSPS) is 21.4. The van der Waals surface area contributed by atoms with Gasteiger partial charge in [-0.15, -0.1) is 0 Å². The Balaban J connectivity index is 2.72. The van der Waals surface area contributed by atoms with Gasteiger partial charge < -0.3 is 20.9 Å². The van der Waals surface area contributed by atoms with Crippen LogP contribution in [0.5, 0.6) is 0 Å². The number of rotatable bonds is 6. The minimum atomic E-state index is -1.13. The highest BCUT2D eigenvalue weighted by Gasteiger charge is 2.47. The van der Waals surface area contributed by atoms with E-state index >= 15 is 0 Å². The van der Waals surface area contributed by atoms with Gasteiger partial charge >= 0.3 is 11.7 Å². The Morgan fingerprint density at radius 2 is 2.30 bits per heavy atom. The topological polar surface area (TPSA) is 145 Å². The summed E-state index contributed by atoms with van der Waals surface area (Å²) in [4.78, 5) is 36.9. The third-order valence-corrected chi connectivity index (χ3v) is 2.86. The van der Waals surface area contributed by atoms with Crippen molar-refractivity contribution in [2.75, 3.05) is 0 Å². The fraction of sp³-hybridized carbons (Fsp3) is 0.545. The highest BCUT2D eigenvalue weighted by molar-refractivity contribution is 6.62. The van der Waals surface area contributed by atoms with Crippen molar-refractivity contribution in [2.24, 2.45) is 5.92 Å². The molecule has 0 aliphatic carbocycles. The minimum absolute atomic E-state index is 0.0264. The molecule has 0 unspecified atom stereocenters. The van der Waals surface area contributed by atoms with Crippen LogP contribution in [0, 0.1) is 17.4 Å². The van der Waals surface area contributed by atoms with Crippen molar-refractivity contribution in [3.05, 3.63) is 5.53 Å². The van der Waals surface area contributed by atoms with Gasteiger partial charge in [-0.05, 0) is 6.92 Å². The van der Waals surface area contributed by atoms with Crippen molar-refractivity contribution in [1.82, 2.24) is 10.6 Å². The average Bonchev–Trinajstić information content (AvgIpc) is 2.38. The number of nitriles is 1. The van der Waals surface area contributed by atoms with Crippen LogP contribution < -0.4 is 10.6 Å². The number of hydrogen-bond acceptors (Lipinski definition) is 6. The molecule has 1 amide bonds. The predicted molar refractivity (Wildman–Crippen MR) is 63.6 cm³/mol. The van der Waals surface area contributed by atoms with Crippen molar-refractivity contribution in [3.8, 4) is 6.19 Å². The van der Waals surface area contributed by atoms with Crippen molar-refractivity contribution >= 4 is 23.4 Å². The largest absolute Gasteiger partial charge is 0.441 e. The predicted octanol–water partition coefficient (Wildman–Crippen LogP) is -1.29. The summed E-state index contributed by atoms with van der Waals surface area (Å²) >= 11 is 0. The van der Waals surface area contributed by atoms with E-state index < -0.39 is 35.7 Å². The molecule has 1 aliphatic rings. The van der Waals surface area contributed by atoms with Crippen LogP contribution in [-0.2, 0) is 19.1 Å². The maximum absolute atomic E-state index is 11.6. The van der Waals surface area contributed by atoms with Gasteiger partial charge in [0.2, 0.25) is 5.91 Å². The van der Waals surface area contributed by atoms with Gasteiger partial charge in [-0.25, -0.2) is 4.79 Å². The third-order valence-electron chi connectivity index (χ3n) is 2.86. The summed E-state index contributed by atoms with van der Waals surface area (Å²) < 4.78 is 4.88. The molecule has 9 nitrogen and oxygen atoms in total. The molecule has 20 heavy (non-hydrogen) atoms. The second-order valence-electron chi connectivity index (χ2n) is 4.13. The van der Waals surface area contributed by atoms with E-state index in [-0.39, 0.29) is 12.3 Å². The Morgan fingerprint density at radius 1 is 1.65 bits per heavy atom. The summed E-state index contributed by atoms with van der Waals surface area (Å²) in [6, 6.07) is -0.539. The van der Waals surface area contributed by atoms with Gasteiger partial charge in [-0.3, -0.25) is 9.59 Å². The second-order valence-corrected chi connectivity index (χ2v) is 4.13. The van der Waals surface area contributed by atoms with Crippen molar-refractivity contribution in [2.45, 2.75) is 32.5 Å². The van der Waals surface area contributed by atoms with Gasteiger partial charge in [-0.2, -0.15) is 10.1 Å². The average molecular weight is 279 g/mol. The molecule has 0 aromatic carbocycles. The van der Waals surface area contributed by atoms with Crippen molar-refractivity contribution < 1.29 is 23.9 Å². The van der Waals surface area contributed by atoms with E-state index in [1.165, 1.54) is 6.92 Å². The van der Waals surface area contributed by atoms with E-state index in [9.17, 15) is 14.4 Å². The van der Waals surface area contributed by atoms with Crippen LogP contribution in [0.15, 0.2) is 0 Å². The van der Waals surface area contributed by atoms with Crippen LogP contribution in [0.4, 0.5) is 0 Å². The molecule has 0 spiro atoms. The van der Waals surface area contributed by atoms with Crippen LogP contribution in [0.1, 0.15) is 20.3 Å². The van der Waals surface area contributed by atoms with E-state index in [2.05, 4.69) is 15.4 Å². The van der Waals surface area contributed by atoms with Gasteiger partial charge in [0.15, 0.2) is 12.4 Å². The van der Waals surface area contributed by atoms with Gasteiger partial charge in [-0.1, -0.05) is 6.92 Å². The first kappa shape index (κ1) is 15.3. The number of nitrogens with zero attached hydrogens (tertiary/aromatic N) is 3. The monoisotopic (exact) mass is 279 g/mol. The van der Waals surface area contributed by atoms with Crippen LogP contribution >= 0.6 is 0 Å². The third kappa shape index (κ3) is 2.99. The summed E-state index contributed by atoms with van der Waals surface area (Å²) in [6.45, 7) is 3.07. The smallest absolute Gasteiger partial charge is 0.432 e. The molecule has 2 N–H and O–H groups in total. The second kappa shape index (κ2) is 6.45. The highest BCUT2D eigenvalue weighted by Crippen LogP contribution is 2.20. The molecule has 0 aromatic heterocycles. The molecule has 0 saturated carbocycles. The molecule has 1 heterocycles. The summed E-state index contributed by atoms with van der Waals surface area (Å²) in [5, 5.41) is 13.2. The summed E-state index contributed by atoms with van der Waals surface area (Å²) in [6.07, 6.45) is 0.678. The lowest BCUT2D eigenvalue weighted by Crippen LogP contribution is -2.65. The zero-order valence-corrected chi connectivity index (χ0v) is 10.9. The van der Waals surface area contributed by atoms with E-state index in [0.717, 1.165) is 0 Å². The Morgan fingerprint density at radius 3 is 2.75 bits per heavy atom. The van der Waals surface area contributed by atoms with E-state index in [4.69, 9.17) is 15.5 Å². The van der Waals surface area contributed by atoms with Gasteiger partial charge in [0.25, 0.3) is 5.78 Å². The number of nitrogens with one attached hydrogen (secondary N) is 2. The molecule has 1 saturated heterocycles. The molecule has 0 bridgehead atoms. The zero-order valence-electron chi connectivity index (χ0n) is 10.9. The maximum Gasteiger partial charge on any atom is 0.441 e. The van der Waals surface area contributed by atoms with Crippen LogP contribution in [0.3, 0.4) is 0 Å². The van der Waals surface area contributed by atoms with Crippen LogP contribution in [-0.4, -0.2) is 40.4 Å². The first-order chi connectivity index (χ1) is 9.46. The number of carbonyl (C=O) groups is 3. The molecule has 1 rings (SSSR count). The first-order valence-corrected chi connectivity index (χ1v) is 5.87. The fourth-order valence-corrected chi connectivity index (χ4v) is 1.70.